The molecular weight excluding hydrogens is 476 g/mol. The zero-order valence-corrected chi connectivity index (χ0v) is 20.1. The molecule has 1 aromatic carbocycles. The van der Waals surface area contributed by atoms with E-state index in [0.717, 1.165) is 0 Å². The minimum Gasteiger partial charge on any atom is -0.508 e. The summed E-state index contributed by atoms with van der Waals surface area (Å²) in [6.45, 7) is 2.58. The summed E-state index contributed by atoms with van der Waals surface area (Å²) in [6, 6.07) is 0.495. The Morgan fingerprint density at radius 2 is 1.50 bits per heavy atom. The minimum absolute atomic E-state index is 0.0106. The molecule has 0 saturated carbocycles. The lowest BCUT2D eigenvalue weighted by molar-refractivity contribution is -0.142. The van der Waals surface area contributed by atoms with Gasteiger partial charge in [-0.05, 0) is 30.0 Å². The van der Waals surface area contributed by atoms with Gasteiger partial charge in [-0.15, -0.1) is 0 Å². The third-order valence-electron chi connectivity index (χ3n) is 5.61. The monoisotopic (exact) mass is 510 g/mol. The molecule has 5 atom stereocenters. The number of rotatable bonds is 15. The number of aliphatic hydroxyl groups excluding tert-OH is 1. The Morgan fingerprint density at radius 1 is 0.917 bits per heavy atom. The molecule has 36 heavy (non-hydrogen) atoms. The van der Waals surface area contributed by atoms with Crippen molar-refractivity contribution in [2.45, 2.75) is 63.7 Å². The first-order valence-corrected chi connectivity index (χ1v) is 11.4. The van der Waals surface area contributed by atoms with E-state index in [1.807, 2.05) is 0 Å². The lowest BCUT2D eigenvalue weighted by Gasteiger charge is -2.27. The lowest BCUT2D eigenvalue weighted by atomic mass is 9.97. The van der Waals surface area contributed by atoms with E-state index in [1.54, 1.807) is 13.8 Å². The highest BCUT2D eigenvalue weighted by atomic mass is 16.4. The largest absolute Gasteiger partial charge is 0.508 e. The predicted molar refractivity (Wildman–Crippen MR) is 127 cm³/mol. The highest BCUT2D eigenvalue weighted by molar-refractivity contribution is 5.94. The molecule has 0 spiro atoms. The number of amides is 3. The number of hydrogen-bond acceptors (Lipinski definition) is 8. The second-order valence-corrected chi connectivity index (χ2v) is 8.42. The van der Waals surface area contributed by atoms with E-state index in [1.165, 1.54) is 24.3 Å². The van der Waals surface area contributed by atoms with Crippen molar-refractivity contribution in [1.29, 1.82) is 0 Å². The lowest BCUT2D eigenvalue weighted by Crippen LogP contribution is -2.59. The Labute approximate surface area is 208 Å². The summed E-state index contributed by atoms with van der Waals surface area (Å²) in [4.78, 5) is 60.3. The van der Waals surface area contributed by atoms with Gasteiger partial charge in [-0.1, -0.05) is 32.4 Å². The first-order chi connectivity index (χ1) is 16.9. The first kappa shape index (κ1) is 30.3. The number of phenols is 1. The molecule has 200 valence electrons. The van der Waals surface area contributed by atoms with E-state index >= 15 is 0 Å². The summed E-state index contributed by atoms with van der Waals surface area (Å²) in [6.07, 6.45) is -0.147. The van der Waals surface area contributed by atoms with Gasteiger partial charge in [-0.3, -0.25) is 19.2 Å². The number of nitrogens with two attached hydrogens (primary N) is 1. The summed E-state index contributed by atoms with van der Waals surface area (Å²) in [7, 11) is 0. The Balaban J connectivity index is 2.88. The maximum atomic E-state index is 12.9. The fraction of sp³-hybridized carbons (Fsp3) is 0.522. The number of benzene rings is 1. The van der Waals surface area contributed by atoms with Gasteiger partial charge in [-0.25, -0.2) is 4.79 Å². The molecule has 0 fully saturated rings. The maximum absolute atomic E-state index is 12.9. The van der Waals surface area contributed by atoms with Crippen molar-refractivity contribution < 1.29 is 44.4 Å². The van der Waals surface area contributed by atoms with Gasteiger partial charge in [-0.2, -0.15) is 0 Å². The number of aromatic hydroxyl groups is 1. The number of carbonyl (C=O) groups is 5. The number of carboxylic acids is 2. The smallest absolute Gasteiger partial charge is 0.326 e. The molecule has 13 heteroatoms. The Bertz CT molecular complexity index is 923. The van der Waals surface area contributed by atoms with Crippen molar-refractivity contribution in [3.63, 3.8) is 0 Å². The van der Waals surface area contributed by atoms with Crippen LogP contribution in [-0.4, -0.2) is 80.9 Å². The van der Waals surface area contributed by atoms with Crippen molar-refractivity contribution in [3.05, 3.63) is 29.8 Å². The van der Waals surface area contributed by atoms with Crippen LogP contribution in [0.5, 0.6) is 5.75 Å². The van der Waals surface area contributed by atoms with Gasteiger partial charge >= 0.3 is 11.9 Å². The van der Waals surface area contributed by atoms with Gasteiger partial charge in [0.05, 0.1) is 12.6 Å². The van der Waals surface area contributed by atoms with Gasteiger partial charge in [0.25, 0.3) is 0 Å². The molecule has 0 radical (unpaired) electrons. The number of aliphatic hydroxyl groups is 1. The number of carboxylic acid groups (broad SMARTS) is 2. The minimum atomic E-state index is -1.51. The van der Waals surface area contributed by atoms with Crippen LogP contribution >= 0.6 is 0 Å². The van der Waals surface area contributed by atoms with Crippen LogP contribution < -0.4 is 21.7 Å². The van der Waals surface area contributed by atoms with Crippen molar-refractivity contribution in [3.8, 4) is 5.75 Å². The molecule has 0 bridgehead atoms. The Hall–Kier alpha value is -3.71. The summed E-state index contributed by atoms with van der Waals surface area (Å²) in [5.74, 6) is -5.41. The second kappa shape index (κ2) is 14.6. The van der Waals surface area contributed by atoms with Crippen LogP contribution in [0.3, 0.4) is 0 Å². The average Bonchev–Trinajstić information content (AvgIpc) is 2.83. The summed E-state index contributed by atoms with van der Waals surface area (Å²) >= 11 is 0. The fourth-order valence-electron chi connectivity index (χ4n) is 3.17. The van der Waals surface area contributed by atoms with Crippen LogP contribution in [0.25, 0.3) is 0 Å². The number of aliphatic carboxylic acids is 2. The standard InChI is InChI=1S/C23H34N4O9/c1-3-12(2)19(27-20(32)15(24)8-9-18(30)31)22(34)26-17(11-28)21(33)25-16(23(35)36)10-13-4-6-14(29)7-5-13/h4-7,12,15-17,19,28-29H,3,8-11,24H2,1-2H3,(H,25,33)(H,26,34)(H,27,32)(H,30,31)(H,35,36). The van der Waals surface area contributed by atoms with E-state index in [9.17, 15) is 39.3 Å². The second-order valence-electron chi connectivity index (χ2n) is 8.42. The van der Waals surface area contributed by atoms with Crippen molar-refractivity contribution in [1.82, 2.24) is 16.0 Å². The van der Waals surface area contributed by atoms with E-state index in [4.69, 9.17) is 10.8 Å². The maximum Gasteiger partial charge on any atom is 0.326 e. The van der Waals surface area contributed by atoms with Gasteiger partial charge in [0.1, 0.15) is 23.9 Å². The first-order valence-electron chi connectivity index (χ1n) is 11.4. The molecule has 0 aliphatic heterocycles. The molecule has 1 aromatic rings. The van der Waals surface area contributed by atoms with Crippen LogP contribution in [0.1, 0.15) is 38.7 Å². The molecule has 1 rings (SSSR count). The van der Waals surface area contributed by atoms with Gasteiger partial charge in [0.2, 0.25) is 17.7 Å². The zero-order chi connectivity index (χ0) is 27.4. The van der Waals surface area contributed by atoms with E-state index in [2.05, 4.69) is 16.0 Å². The quantitative estimate of drug-likeness (QED) is 0.139. The Kier molecular flexibility index (Phi) is 12.3. The topological polar surface area (TPSA) is 228 Å². The van der Waals surface area contributed by atoms with Crippen molar-refractivity contribution in [2.75, 3.05) is 6.61 Å². The summed E-state index contributed by atoms with van der Waals surface area (Å²) < 4.78 is 0. The highest BCUT2D eigenvalue weighted by Crippen LogP contribution is 2.12. The number of carbonyl (C=O) groups excluding carboxylic acids is 3. The molecule has 0 aliphatic carbocycles. The van der Waals surface area contributed by atoms with Gasteiger partial charge in [0, 0.05) is 12.8 Å². The molecule has 0 heterocycles. The SMILES string of the molecule is CCC(C)C(NC(=O)C(N)CCC(=O)O)C(=O)NC(CO)C(=O)NC(Cc1ccc(O)cc1)C(=O)O. The fourth-order valence-corrected chi connectivity index (χ4v) is 3.17. The third-order valence-corrected chi connectivity index (χ3v) is 5.61. The van der Waals surface area contributed by atoms with Crippen LogP contribution in [0, 0.1) is 5.92 Å². The van der Waals surface area contributed by atoms with Crippen LogP contribution in [0.15, 0.2) is 24.3 Å². The van der Waals surface area contributed by atoms with Crippen LogP contribution in [0.2, 0.25) is 0 Å². The number of phenolic OH excluding ortho intramolecular Hbond substituents is 1. The predicted octanol–water partition coefficient (Wildman–Crippen LogP) is -1.30. The molecule has 5 unspecified atom stereocenters. The van der Waals surface area contributed by atoms with Gasteiger partial charge in [0.15, 0.2) is 0 Å². The molecule has 0 saturated heterocycles. The third kappa shape index (κ3) is 9.88. The van der Waals surface area contributed by atoms with Gasteiger partial charge < -0.3 is 42.1 Å². The summed E-state index contributed by atoms with van der Waals surface area (Å²) in [5.41, 5.74) is 6.22. The molecule has 9 N–H and O–H groups in total. The van der Waals surface area contributed by atoms with E-state index in [-0.39, 0.29) is 25.0 Å². The molecule has 13 nitrogen and oxygen atoms in total. The van der Waals surface area contributed by atoms with Crippen LogP contribution in [-0.2, 0) is 30.4 Å². The average molecular weight is 511 g/mol. The molecule has 0 aromatic heterocycles. The number of nitrogens with one attached hydrogen (secondary N) is 3. The number of hydrogen-bond donors (Lipinski definition) is 8. The molecular formula is C23H34N4O9. The molecule has 3 amide bonds. The van der Waals surface area contributed by atoms with Crippen molar-refractivity contribution in [2.24, 2.45) is 11.7 Å². The normalized spacial score (nSPS) is 15.0. The van der Waals surface area contributed by atoms with Crippen LogP contribution in [0.4, 0.5) is 0 Å². The van der Waals surface area contributed by atoms with E-state index < -0.39 is 66.4 Å². The molecule has 0 aliphatic rings. The summed E-state index contributed by atoms with van der Waals surface area (Å²) in [5, 5.41) is 44.3. The zero-order valence-electron chi connectivity index (χ0n) is 20.1. The van der Waals surface area contributed by atoms with Crippen molar-refractivity contribution >= 4 is 29.7 Å². The van der Waals surface area contributed by atoms with E-state index in [0.29, 0.717) is 12.0 Å². The Morgan fingerprint density at radius 3 is 2.00 bits per heavy atom. The highest BCUT2D eigenvalue weighted by Gasteiger charge is 2.32.